The number of aryl methyl sites for hydroxylation is 4. The van der Waals surface area contributed by atoms with Crippen LogP contribution < -0.4 is 0 Å². The van der Waals surface area contributed by atoms with E-state index in [2.05, 4.69) is 224 Å². The molecule has 2 heteroatoms. The lowest BCUT2D eigenvalue weighted by Gasteiger charge is -2.24. The third kappa shape index (κ3) is 6.68. The molecule has 6 aromatic rings. The third-order valence-electron chi connectivity index (χ3n) is 12.7. The third-order valence-corrected chi connectivity index (χ3v) is 12.7. The Morgan fingerprint density at radius 3 is 1.12 bits per heavy atom. The summed E-state index contributed by atoms with van der Waals surface area (Å²) in [5.74, 6) is 0. The van der Waals surface area contributed by atoms with E-state index >= 15 is 0 Å². The Balaban J connectivity index is 1.17. The molecule has 0 saturated heterocycles. The van der Waals surface area contributed by atoms with Gasteiger partial charge in [0, 0.05) is 51.7 Å². The van der Waals surface area contributed by atoms with Gasteiger partial charge in [0.15, 0.2) is 23.5 Å². The molecule has 282 valence electrons. The van der Waals surface area contributed by atoms with Crippen molar-refractivity contribution in [2.24, 2.45) is 0 Å². The Morgan fingerprint density at radius 1 is 0.393 bits per heavy atom. The van der Waals surface area contributed by atoms with Gasteiger partial charge in [-0.3, -0.25) is 0 Å². The molecule has 0 unspecified atom stereocenters. The highest BCUT2D eigenvalue weighted by Crippen LogP contribution is 2.48. The summed E-state index contributed by atoms with van der Waals surface area (Å²) in [5, 5.41) is 0. The molecule has 0 fully saturated rings. The molecule has 0 saturated carbocycles. The van der Waals surface area contributed by atoms with Crippen LogP contribution in [0.5, 0.6) is 0 Å². The summed E-state index contributed by atoms with van der Waals surface area (Å²) >= 11 is 0. The van der Waals surface area contributed by atoms with E-state index in [4.69, 9.17) is 0 Å². The second-order valence-corrected chi connectivity index (χ2v) is 18.7. The maximum absolute atomic E-state index is 2.58. The Hall–Kier alpha value is -5.34. The van der Waals surface area contributed by atoms with Gasteiger partial charge in [0.05, 0.1) is 22.0 Å². The highest BCUT2D eigenvalue weighted by Gasteiger charge is 2.52. The average molecular weight is 735 g/mol. The maximum Gasteiger partial charge on any atom is 0.216 e. The quantitative estimate of drug-likeness (QED) is 0.144. The van der Waals surface area contributed by atoms with E-state index in [9.17, 15) is 0 Å². The van der Waals surface area contributed by atoms with Crippen LogP contribution in [0, 0.1) is 27.7 Å². The molecule has 0 amide bonds. The van der Waals surface area contributed by atoms with E-state index in [0.29, 0.717) is 0 Å². The first-order chi connectivity index (χ1) is 26.6. The van der Waals surface area contributed by atoms with Gasteiger partial charge in [-0.1, -0.05) is 109 Å². The molecule has 6 aromatic carbocycles. The molecule has 8 rings (SSSR count). The van der Waals surface area contributed by atoms with Crippen molar-refractivity contribution < 1.29 is 9.15 Å². The summed E-state index contributed by atoms with van der Waals surface area (Å²) in [6.45, 7) is 23.4. The van der Waals surface area contributed by atoms with Gasteiger partial charge in [-0.15, -0.1) is 0 Å². The minimum absolute atomic E-state index is 0.0734. The van der Waals surface area contributed by atoms with E-state index in [-0.39, 0.29) is 21.9 Å². The molecule has 0 radical (unpaired) electrons. The Kier molecular flexibility index (Phi) is 9.19. The summed E-state index contributed by atoms with van der Waals surface area (Å²) in [6.07, 6.45) is 7.09. The van der Waals surface area contributed by atoms with Crippen molar-refractivity contribution in [3.05, 3.63) is 167 Å². The van der Waals surface area contributed by atoms with Crippen molar-refractivity contribution in [2.75, 3.05) is 0 Å². The first-order valence-corrected chi connectivity index (χ1v) is 20.4. The smallest absolute Gasteiger partial charge is 0.196 e. The maximum atomic E-state index is 2.58. The molecule has 0 aliphatic carbocycles. The molecule has 0 N–H and O–H groups in total. The normalized spacial score (nSPS) is 21.2. The summed E-state index contributed by atoms with van der Waals surface area (Å²) in [6, 6.07) is 49.8. The summed E-state index contributed by atoms with van der Waals surface area (Å²) in [4.78, 5) is 0. The lowest BCUT2D eigenvalue weighted by molar-refractivity contribution is -0.512. The van der Waals surface area contributed by atoms with Crippen molar-refractivity contribution in [2.45, 2.75) is 104 Å². The topological polar surface area (TPSA) is 6.02 Å². The zero-order chi connectivity index (χ0) is 39.6. The van der Waals surface area contributed by atoms with E-state index in [0.717, 1.165) is 12.8 Å². The summed E-state index contributed by atoms with van der Waals surface area (Å²) in [5.41, 5.74) is 17.8. The zero-order valence-corrected chi connectivity index (χ0v) is 35.2. The van der Waals surface area contributed by atoms with Crippen molar-refractivity contribution >= 4 is 23.8 Å². The minimum Gasteiger partial charge on any atom is -0.196 e. The van der Waals surface area contributed by atoms with Gasteiger partial charge in [0.1, 0.15) is 0 Å². The average Bonchev–Trinajstić information content (AvgIpc) is 3.58. The predicted molar refractivity (Wildman–Crippen MR) is 239 cm³/mol. The van der Waals surface area contributed by atoms with E-state index < -0.39 is 0 Å². The van der Waals surface area contributed by atoms with Crippen LogP contribution in [0.4, 0.5) is 11.4 Å². The second-order valence-electron chi connectivity index (χ2n) is 18.7. The van der Waals surface area contributed by atoms with E-state index in [1.54, 1.807) is 0 Å². The largest absolute Gasteiger partial charge is 0.216 e. The van der Waals surface area contributed by atoms with Crippen molar-refractivity contribution in [1.82, 2.24) is 0 Å². The SMILES string of the molecule is Cc1cc(C)c([N+]2=C[C@@](C)(c3cccc(-c4cccc([C@]5(C)C=[N+](c6c(C)cc(C)cc6-c6ccccc6)C(C)(C)C5)c4)c3)CC2(C)C)c(-c2ccccc2)c1. The van der Waals surface area contributed by atoms with Gasteiger partial charge in [-0.2, -0.15) is 9.15 Å². The lowest BCUT2D eigenvalue weighted by atomic mass is 9.75. The van der Waals surface area contributed by atoms with Crippen LogP contribution in [0.3, 0.4) is 0 Å². The molecule has 2 aliphatic heterocycles. The van der Waals surface area contributed by atoms with Crippen molar-refractivity contribution in [3.8, 4) is 33.4 Å². The van der Waals surface area contributed by atoms with Crippen LogP contribution in [0.15, 0.2) is 133 Å². The summed E-state index contributed by atoms with van der Waals surface area (Å²) < 4.78 is 5.17. The Morgan fingerprint density at radius 2 is 0.750 bits per heavy atom. The zero-order valence-electron chi connectivity index (χ0n) is 35.2. The molecule has 2 aliphatic rings. The first-order valence-electron chi connectivity index (χ1n) is 20.4. The highest BCUT2D eigenvalue weighted by molar-refractivity contribution is 5.83. The molecule has 0 spiro atoms. The molecule has 2 atom stereocenters. The van der Waals surface area contributed by atoms with Gasteiger partial charge in [0.25, 0.3) is 0 Å². The minimum atomic E-state index is -0.138. The van der Waals surface area contributed by atoms with Gasteiger partial charge < -0.3 is 0 Å². The summed E-state index contributed by atoms with van der Waals surface area (Å²) in [7, 11) is 0. The van der Waals surface area contributed by atoms with Crippen molar-refractivity contribution in [1.29, 1.82) is 0 Å². The van der Waals surface area contributed by atoms with E-state index in [1.807, 2.05) is 0 Å². The molecule has 0 bridgehead atoms. The Labute approximate surface area is 335 Å². The van der Waals surface area contributed by atoms with Crippen molar-refractivity contribution in [3.63, 3.8) is 0 Å². The highest BCUT2D eigenvalue weighted by atomic mass is 15.1. The van der Waals surface area contributed by atoms with Crippen LogP contribution in [0.25, 0.3) is 33.4 Å². The van der Waals surface area contributed by atoms with Gasteiger partial charge in [0.2, 0.25) is 11.4 Å². The standard InChI is InChI=1S/C54H58N2/c1-37-27-39(3)49(47(29-37)41-19-13-11-14-20-41)55-35-53(9,33-51(55,5)6)45-25-17-23-43(31-45)44-24-18-26-46(32-44)54(10)34-52(7,8)56(36-54)50-40(4)28-38(2)30-48(50)42-21-15-12-16-22-42/h11-32,35-36H,33-34H2,1-10H3/q+2/t53-,54-/m0/s1. The second kappa shape index (κ2) is 13.7. The first kappa shape index (κ1) is 37.6. The van der Waals surface area contributed by atoms with Crippen LogP contribution in [-0.4, -0.2) is 32.7 Å². The fourth-order valence-electron chi connectivity index (χ4n) is 10.4. The number of nitrogens with zero attached hydrogens (tertiary/aromatic N) is 2. The van der Waals surface area contributed by atoms with Gasteiger partial charge in [-0.25, -0.2) is 0 Å². The molecule has 56 heavy (non-hydrogen) atoms. The van der Waals surface area contributed by atoms with Gasteiger partial charge >= 0.3 is 0 Å². The number of hydrogen-bond donors (Lipinski definition) is 0. The lowest BCUT2D eigenvalue weighted by Crippen LogP contribution is -2.31. The fourth-order valence-corrected chi connectivity index (χ4v) is 10.4. The Bertz CT molecular complexity index is 2360. The van der Waals surface area contributed by atoms with Crippen LogP contribution in [-0.2, 0) is 10.8 Å². The number of rotatable bonds is 7. The molecule has 0 aromatic heterocycles. The molecule has 2 nitrogen and oxygen atoms in total. The van der Waals surface area contributed by atoms with Crippen LogP contribution in [0.2, 0.25) is 0 Å². The monoisotopic (exact) mass is 734 g/mol. The van der Waals surface area contributed by atoms with E-state index in [1.165, 1.54) is 78.1 Å². The van der Waals surface area contributed by atoms with Crippen LogP contribution >= 0.6 is 0 Å². The fraction of sp³-hybridized carbons (Fsp3) is 0.296. The molecular weight excluding hydrogens is 677 g/mol. The van der Waals surface area contributed by atoms with Gasteiger partial charge in [-0.05, 0) is 110 Å². The van der Waals surface area contributed by atoms with Crippen LogP contribution in [0.1, 0.15) is 87.8 Å². The molecular formula is C54H58N2+2. The predicted octanol–water partition coefficient (Wildman–Crippen LogP) is 13.6. The molecule has 2 heterocycles. The number of benzene rings is 6. The number of hydrogen-bond acceptors (Lipinski definition) is 0.